The first-order chi connectivity index (χ1) is 17.1. The quantitative estimate of drug-likeness (QED) is 0.540. The number of fused-ring (bicyclic) bond motifs is 5. The molecule has 0 heterocycles. The molecule has 206 valence electrons. The Bertz CT molecular complexity index is 1070. The molecule has 4 rings (SSSR count). The molecule has 3 fully saturated rings. The third-order valence-corrected chi connectivity index (χ3v) is 10.0. The van der Waals surface area contributed by atoms with Gasteiger partial charge in [-0.1, -0.05) is 27.7 Å². The summed E-state index contributed by atoms with van der Waals surface area (Å²) in [7, 11) is 0. The molecule has 1 N–H and O–H groups in total. The largest absolute Gasteiger partial charge is 0.458 e. The molecule has 0 aromatic heterocycles. The minimum absolute atomic E-state index is 0.0544. The van der Waals surface area contributed by atoms with Crippen molar-refractivity contribution in [3.8, 4) is 0 Å². The van der Waals surface area contributed by atoms with Gasteiger partial charge in [-0.3, -0.25) is 19.2 Å². The Morgan fingerprint density at radius 2 is 1.81 bits per heavy atom. The first-order valence-corrected chi connectivity index (χ1v) is 12.9. The normalized spacial score (nSPS) is 45.0. The first kappa shape index (κ1) is 27.8. The highest BCUT2D eigenvalue weighted by Crippen LogP contribution is 2.72. The fourth-order valence-corrected chi connectivity index (χ4v) is 8.38. The number of esters is 2. The summed E-state index contributed by atoms with van der Waals surface area (Å²) >= 11 is 0. The van der Waals surface area contributed by atoms with Crippen LogP contribution in [-0.4, -0.2) is 58.8 Å². The van der Waals surface area contributed by atoms with E-state index in [4.69, 9.17) is 9.47 Å². The van der Waals surface area contributed by atoms with Crippen molar-refractivity contribution in [3.63, 3.8) is 0 Å². The van der Waals surface area contributed by atoms with Crippen molar-refractivity contribution in [2.75, 3.05) is 6.61 Å². The Labute approximate surface area is 214 Å². The van der Waals surface area contributed by atoms with Gasteiger partial charge < -0.3 is 14.6 Å². The van der Waals surface area contributed by atoms with Gasteiger partial charge in [0, 0.05) is 48.0 Å². The van der Waals surface area contributed by atoms with Gasteiger partial charge in [0.05, 0.1) is 6.10 Å². The number of aliphatic hydroxyl groups is 1. The maximum Gasteiger partial charge on any atom is 0.306 e. The molecule has 4 aliphatic carbocycles. The molecular weight excluding hydrogens is 493 g/mol. The topological polar surface area (TPSA) is 107 Å². The van der Waals surface area contributed by atoms with Crippen LogP contribution in [0.15, 0.2) is 11.4 Å². The van der Waals surface area contributed by atoms with E-state index >= 15 is 8.78 Å². The van der Waals surface area contributed by atoms with E-state index < -0.39 is 100 Å². The lowest BCUT2D eigenvalue weighted by atomic mass is 9.43. The highest BCUT2D eigenvalue weighted by molar-refractivity contribution is 5.96. The Kier molecular flexibility index (Phi) is 6.70. The van der Waals surface area contributed by atoms with Crippen molar-refractivity contribution >= 4 is 23.5 Å². The van der Waals surface area contributed by atoms with E-state index in [0.29, 0.717) is 0 Å². The van der Waals surface area contributed by atoms with Crippen molar-refractivity contribution in [1.82, 2.24) is 0 Å². The van der Waals surface area contributed by atoms with Crippen LogP contribution in [0.2, 0.25) is 0 Å². The number of ether oxygens (including phenoxy) is 2. The maximum absolute atomic E-state index is 17.4. The fourth-order valence-electron chi connectivity index (χ4n) is 8.38. The van der Waals surface area contributed by atoms with Gasteiger partial charge in [-0.15, -0.1) is 0 Å². The molecule has 0 spiro atoms. The molecule has 0 amide bonds. The number of halogens is 3. The van der Waals surface area contributed by atoms with Gasteiger partial charge in [0.2, 0.25) is 5.78 Å². The lowest BCUT2D eigenvalue weighted by molar-refractivity contribution is -0.239. The first-order valence-electron chi connectivity index (χ1n) is 12.9. The second-order valence-corrected chi connectivity index (χ2v) is 11.7. The molecular formula is C27H35F3O7. The van der Waals surface area contributed by atoms with Crippen LogP contribution in [0.5, 0.6) is 0 Å². The number of carbonyl (C=O) groups excluding carboxylic acids is 4. The van der Waals surface area contributed by atoms with E-state index in [0.717, 1.165) is 6.92 Å². The molecule has 0 unspecified atom stereocenters. The van der Waals surface area contributed by atoms with Crippen molar-refractivity contribution in [2.24, 2.45) is 28.6 Å². The van der Waals surface area contributed by atoms with Crippen LogP contribution in [0.4, 0.5) is 13.2 Å². The molecule has 4 aliphatic rings. The van der Waals surface area contributed by atoms with E-state index in [9.17, 15) is 28.7 Å². The van der Waals surface area contributed by atoms with E-state index in [2.05, 4.69) is 0 Å². The summed E-state index contributed by atoms with van der Waals surface area (Å²) in [5.74, 6) is -6.75. The zero-order valence-electron chi connectivity index (χ0n) is 21.9. The summed E-state index contributed by atoms with van der Waals surface area (Å²) in [4.78, 5) is 49.8. The molecule has 37 heavy (non-hydrogen) atoms. The number of hydrogen-bond acceptors (Lipinski definition) is 7. The van der Waals surface area contributed by atoms with E-state index in [-0.39, 0.29) is 32.1 Å². The van der Waals surface area contributed by atoms with Crippen LogP contribution in [0.25, 0.3) is 0 Å². The number of alkyl halides is 2. The van der Waals surface area contributed by atoms with Gasteiger partial charge in [0.1, 0.15) is 11.8 Å². The van der Waals surface area contributed by atoms with Gasteiger partial charge >= 0.3 is 11.9 Å². The van der Waals surface area contributed by atoms with Gasteiger partial charge in [-0.2, -0.15) is 0 Å². The highest BCUT2D eigenvalue weighted by atomic mass is 19.2. The summed E-state index contributed by atoms with van der Waals surface area (Å²) in [6.07, 6.45) is -4.86. The van der Waals surface area contributed by atoms with Crippen LogP contribution in [-0.2, 0) is 28.7 Å². The average Bonchev–Trinajstić information content (AvgIpc) is 3.04. The lowest BCUT2D eigenvalue weighted by Gasteiger charge is -2.64. The van der Waals surface area contributed by atoms with Crippen molar-refractivity contribution < 1.29 is 46.9 Å². The van der Waals surface area contributed by atoms with E-state index in [1.807, 2.05) is 0 Å². The van der Waals surface area contributed by atoms with Gasteiger partial charge in [0.25, 0.3) is 0 Å². The number of rotatable bonds is 5. The standard InChI is InChI=1S/C27H35F3O7/c1-6-21(35)37-27(20(34)12-36-14(3)31)13(2)9-15-16-10-17(28)22-23(29)18(32)7-8-24(22,4)26(16,30)19(33)11-25(15,27)5/h13,15-17,19,33H,6-12H2,1-5H3/t13-,15+,16+,17+,19+,24+,25+,26+,27+/m1/s1. The summed E-state index contributed by atoms with van der Waals surface area (Å²) < 4.78 is 58.8. The molecule has 3 saturated carbocycles. The molecule has 10 heteroatoms. The minimum Gasteiger partial charge on any atom is -0.458 e. The number of ketones is 2. The molecule has 0 aromatic rings. The summed E-state index contributed by atoms with van der Waals surface area (Å²) in [6.45, 7) is 6.68. The molecule has 0 aliphatic heterocycles. The Hall–Kier alpha value is -2.23. The lowest BCUT2D eigenvalue weighted by Crippen LogP contribution is -2.71. The molecule has 0 aromatic carbocycles. The predicted octanol–water partition coefficient (Wildman–Crippen LogP) is 3.90. The Morgan fingerprint density at radius 3 is 2.41 bits per heavy atom. The monoisotopic (exact) mass is 528 g/mol. The van der Waals surface area contributed by atoms with E-state index in [1.165, 1.54) is 6.92 Å². The van der Waals surface area contributed by atoms with Crippen LogP contribution < -0.4 is 0 Å². The molecule has 9 atom stereocenters. The van der Waals surface area contributed by atoms with Gasteiger partial charge in [-0.25, -0.2) is 13.2 Å². The number of hydrogen-bond donors (Lipinski definition) is 1. The van der Waals surface area contributed by atoms with Crippen molar-refractivity contribution in [2.45, 2.75) is 96.7 Å². The van der Waals surface area contributed by atoms with E-state index in [1.54, 1.807) is 20.8 Å². The zero-order valence-corrected chi connectivity index (χ0v) is 21.9. The maximum atomic E-state index is 17.4. The van der Waals surface area contributed by atoms with Gasteiger partial charge in [0.15, 0.2) is 23.8 Å². The Balaban J connectivity index is 1.86. The van der Waals surface area contributed by atoms with Crippen molar-refractivity contribution in [1.29, 1.82) is 0 Å². The second-order valence-electron chi connectivity index (χ2n) is 11.7. The summed E-state index contributed by atoms with van der Waals surface area (Å²) in [5.41, 5.74) is -7.93. The van der Waals surface area contributed by atoms with Crippen LogP contribution in [0.3, 0.4) is 0 Å². The van der Waals surface area contributed by atoms with Crippen molar-refractivity contribution in [3.05, 3.63) is 11.4 Å². The summed E-state index contributed by atoms with van der Waals surface area (Å²) in [6, 6.07) is 0. The minimum atomic E-state index is -2.48. The Morgan fingerprint density at radius 1 is 1.16 bits per heavy atom. The third-order valence-electron chi connectivity index (χ3n) is 10.0. The summed E-state index contributed by atoms with van der Waals surface area (Å²) in [5, 5.41) is 11.5. The van der Waals surface area contributed by atoms with Gasteiger partial charge in [-0.05, 0) is 31.6 Å². The number of aliphatic hydroxyl groups excluding tert-OH is 1. The molecule has 0 saturated heterocycles. The average molecular weight is 529 g/mol. The SMILES string of the molecule is CCC(=O)O[C@]1(C(=O)COC(C)=O)[C@H](C)C[C@H]2[C@@H]3C[C@H](F)C4=C(F)C(=O)CC[C@]4(C)[C@@]3(F)[C@@H](O)C[C@@]21C. The molecule has 7 nitrogen and oxygen atoms in total. The van der Waals surface area contributed by atoms with Crippen LogP contribution in [0, 0.1) is 28.6 Å². The third kappa shape index (κ3) is 3.49. The number of carbonyl (C=O) groups is 4. The number of Topliss-reactive ketones (excluding diaryl/α,β-unsaturated/α-hetero) is 2. The predicted molar refractivity (Wildman–Crippen MR) is 124 cm³/mol. The molecule has 0 radical (unpaired) electrons. The second kappa shape index (κ2) is 8.92. The highest BCUT2D eigenvalue weighted by Gasteiger charge is 2.78. The van der Waals surface area contributed by atoms with Crippen LogP contribution >= 0.6 is 0 Å². The number of allylic oxidation sites excluding steroid dienone is 1. The van der Waals surface area contributed by atoms with Crippen LogP contribution in [0.1, 0.15) is 73.1 Å². The fraction of sp³-hybridized carbons (Fsp3) is 0.778. The molecule has 0 bridgehead atoms. The zero-order chi connectivity index (χ0) is 27.7. The smallest absolute Gasteiger partial charge is 0.306 e.